The summed E-state index contributed by atoms with van der Waals surface area (Å²) in [7, 11) is 3.11. The number of nitrogens with one attached hydrogen (secondary N) is 2. The van der Waals surface area contributed by atoms with Gasteiger partial charge in [-0.1, -0.05) is 12.1 Å². The number of carbonyl (C=O) groups excluding carboxylic acids is 3. The fraction of sp³-hybridized carbons (Fsp3) is 0.211. The third kappa shape index (κ3) is 5.42. The minimum absolute atomic E-state index is 0.215. The van der Waals surface area contributed by atoms with Crippen molar-refractivity contribution in [2.45, 2.75) is 6.61 Å². The largest absolute Gasteiger partial charge is 0.452 e. The molecule has 0 saturated heterocycles. The fourth-order valence-corrected chi connectivity index (χ4v) is 2.22. The average Bonchev–Trinajstić information content (AvgIpc) is 2.66. The van der Waals surface area contributed by atoms with Crippen LogP contribution < -0.4 is 10.6 Å². The summed E-state index contributed by atoms with van der Waals surface area (Å²) in [6.07, 6.45) is 0. The first-order valence-corrected chi connectivity index (χ1v) is 7.90. The molecule has 0 atom stereocenters. The molecule has 0 aliphatic heterocycles. The summed E-state index contributed by atoms with van der Waals surface area (Å²) in [5.41, 5.74) is 2.17. The summed E-state index contributed by atoms with van der Waals surface area (Å²) >= 11 is 0. The third-order valence-electron chi connectivity index (χ3n) is 3.47. The van der Waals surface area contributed by atoms with E-state index in [1.807, 2.05) is 6.07 Å². The fourth-order valence-electron chi connectivity index (χ4n) is 2.22. The maximum Gasteiger partial charge on any atom is 0.338 e. The molecule has 0 radical (unpaired) electrons. The highest BCUT2D eigenvalue weighted by atomic mass is 16.5. The van der Waals surface area contributed by atoms with Crippen molar-refractivity contribution >= 4 is 23.5 Å². The molecule has 0 spiro atoms. The lowest BCUT2D eigenvalue weighted by atomic mass is 10.1. The first-order valence-electron chi connectivity index (χ1n) is 7.90. The zero-order chi connectivity index (χ0) is 18.9. The molecular weight excluding hydrogens is 336 g/mol. The number of ether oxygens (including phenoxy) is 2. The first-order chi connectivity index (χ1) is 12.5. The van der Waals surface area contributed by atoms with Gasteiger partial charge in [-0.2, -0.15) is 0 Å². The van der Waals surface area contributed by atoms with Crippen LogP contribution in [0.3, 0.4) is 0 Å². The van der Waals surface area contributed by atoms with Crippen molar-refractivity contribution in [1.29, 1.82) is 0 Å². The Kier molecular flexibility index (Phi) is 6.87. The predicted molar refractivity (Wildman–Crippen MR) is 95.9 cm³/mol. The topological polar surface area (TPSA) is 93.7 Å². The van der Waals surface area contributed by atoms with E-state index in [0.717, 1.165) is 5.56 Å². The number of esters is 1. The van der Waals surface area contributed by atoms with Crippen molar-refractivity contribution in [2.75, 3.05) is 26.1 Å². The zero-order valence-electron chi connectivity index (χ0n) is 14.6. The van der Waals surface area contributed by atoms with Crippen LogP contribution in [-0.2, 0) is 20.9 Å². The number of methoxy groups -OCH3 is 1. The van der Waals surface area contributed by atoms with Crippen molar-refractivity contribution < 1.29 is 23.9 Å². The number of hydrogen-bond acceptors (Lipinski definition) is 5. The standard InChI is InChI=1S/C19H20N2O5/c1-20-18(23)14-6-8-16(9-7-14)21-17(22)12-26-19(24)15-5-3-4-13(10-15)11-25-2/h3-10H,11-12H2,1-2H3,(H,20,23)(H,21,22). The van der Waals surface area contributed by atoms with Crippen LogP contribution in [0.4, 0.5) is 5.69 Å². The molecule has 0 bridgehead atoms. The Hall–Kier alpha value is -3.19. The quantitative estimate of drug-likeness (QED) is 0.740. The maximum absolute atomic E-state index is 12.0. The molecule has 2 N–H and O–H groups in total. The van der Waals surface area contributed by atoms with E-state index in [9.17, 15) is 14.4 Å². The van der Waals surface area contributed by atoms with Gasteiger partial charge in [0.05, 0.1) is 12.2 Å². The Labute approximate surface area is 151 Å². The molecule has 2 aromatic carbocycles. The highest BCUT2D eigenvalue weighted by Gasteiger charge is 2.11. The third-order valence-corrected chi connectivity index (χ3v) is 3.47. The van der Waals surface area contributed by atoms with E-state index in [1.165, 1.54) is 7.05 Å². The Morgan fingerprint density at radius 3 is 2.38 bits per heavy atom. The second-order valence-electron chi connectivity index (χ2n) is 5.41. The second-order valence-corrected chi connectivity index (χ2v) is 5.41. The van der Waals surface area contributed by atoms with Gasteiger partial charge in [0.2, 0.25) is 0 Å². The lowest BCUT2D eigenvalue weighted by molar-refractivity contribution is -0.119. The van der Waals surface area contributed by atoms with Gasteiger partial charge in [0, 0.05) is 25.4 Å². The molecule has 0 heterocycles. The van der Waals surface area contributed by atoms with Gasteiger partial charge in [0.1, 0.15) is 0 Å². The van der Waals surface area contributed by atoms with Gasteiger partial charge in [0.15, 0.2) is 6.61 Å². The number of rotatable bonds is 7. The summed E-state index contributed by atoms with van der Waals surface area (Å²) in [4.78, 5) is 35.4. The molecule has 0 aliphatic carbocycles. The van der Waals surface area contributed by atoms with E-state index >= 15 is 0 Å². The summed E-state index contributed by atoms with van der Waals surface area (Å²) in [6.45, 7) is -0.0296. The van der Waals surface area contributed by atoms with Crippen LogP contribution >= 0.6 is 0 Å². The van der Waals surface area contributed by atoms with Crippen LogP contribution in [0.15, 0.2) is 48.5 Å². The predicted octanol–water partition coefficient (Wildman–Crippen LogP) is 1.99. The highest BCUT2D eigenvalue weighted by Crippen LogP contribution is 2.10. The molecule has 0 saturated carbocycles. The molecule has 0 unspecified atom stereocenters. The SMILES string of the molecule is CNC(=O)c1ccc(NC(=O)COC(=O)c2cccc(COC)c2)cc1. The number of hydrogen-bond donors (Lipinski definition) is 2. The van der Waals surface area contributed by atoms with Gasteiger partial charge in [-0.3, -0.25) is 9.59 Å². The van der Waals surface area contributed by atoms with E-state index in [2.05, 4.69) is 10.6 Å². The van der Waals surface area contributed by atoms with Crippen LogP contribution in [-0.4, -0.2) is 38.5 Å². The van der Waals surface area contributed by atoms with Crippen molar-refractivity contribution in [3.8, 4) is 0 Å². The summed E-state index contributed by atoms with van der Waals surface area (Å²) in [6, 6.07) is 13.2. The lowest BCUT2D eigenvalue weighted by Crippen LogP contribution is -2.21. The minimum Gasteiger partial charge on any atom is -0.452 e. The normalized spacial score (nSPS) is 10.1. The molecule has 0 aromatic heterocycles. The van der Waals surface area contributed by atoms with E-state index in [0.29, 0.717) is 23.4 Å². The molecule has 136 valence electrons. The number of amides is 2. The Bertz CT molecular complexity index is 787. The molecule has 0 aliphatic rings. The molecule has 2 amide bonds. The van der Waals surface area contributed by atoms with Gasteiger partial charge in [-0.05, 0) is 42.0 Å². The number of carbonyl (C=O) groups is 3. The number of benzene rings is 2. The average molecular weight is 356 g/mol. The zero-order valence-corrected chi connectivity index (χ0v) is 14.6. The molecule has 2 aromatic rings. The van der Waals surface area contributed by atoms with E-state index < -0.39 is 18.5 Å². The maximum atomic E-state index is 12.0. The Balaban J connectivity index is 1.87. The summed E-state index contributed by atoms with van der Waals surface area (Å²) in [5, 5.41) is 5.11. The molecule has 0 fully saturated rings. The van der Waals surface area contributed by atoms with Gasteiger partial charge in [0.25, 0.3) is 11.8 Å². The van der Waals surface area contributed by atoms with E-state index in [4.69, 9.17) is 9.47 Å². The highest BCUT2D eigenvalue weighted by molar-refractivity contribution is 5.97. The molecular formula is C19H20N2O5. The van der Waals surface area contributed by atoms with E-state index in [-0.39, 0.29) is 5.91 Å². The van der Waals surface area contributed by atoms with Crippen LogP contribution in [0.25, 0.3) is 0 Å². The van der Waals surface area contributed by atoms with Crippen molar-refractivity contribution in [3.05, 3.63) is 65.2 Å². The molecule has 2 rings (SSSR count). The summed E-state index contributed by atoms with van der Waals surface area (Å²) in [5.74, 6) is -1.28. The molecule has 7 nitrogen and oxygen atoms in total. The van der Waals surface area contributed by atoms with Crippen molar-refractivity contribution in [3.63, 3.8) is 0 Å². The van der Waals surface area contributed by atoms with Gasteiger partial charge >= 0.3 is 5.97 Å². The Morgan fingerprint density at radius 2 is 1.73 bits per heavy atom. The number of anilines is 1. The monoisotopic (exact) mass is 356 g/mol. The lowest BCUT2D eigenvalue weighted by Gasteiger charge is -2.08. The van der Waals surface area contributed by atoms with Crippen molar-refractivity contribution in [1.82, 2.24) is 5.32 Å². The van der Waals surface area contributed by atoms with Gasteiger partial charge in [-0.15, -0.1) is 0 Å². The van der Waals surface area contributed by atoms with Gasteiger partial charge < -0.3 is 20.1 Å². The van der Waals surface area contributed by atoms with Crippen LogP contribution in [0.5, 0.6) is 0 Å². The minimum atomic E-state index is -0.590. The Morgan fingerprint density at radius 1 is 1.00 bits per heavy atom. The first kappa shape index (κ1) is 19.1. The smallest absolute Gasteiger partial charge is 0.338 e. The second kappa shape index (κ2) is 9.33. The molecule has 26 heavy (non-hydrogen) atoms. The van der Waals surface area contributed by atoms with Crippen LogP contribution in [0, 0.1) is 0 Å². The van der Waals surface area contributed by atoms with Crippen LogP contribution in [0.2, 0.25) is 0 Å². The van der Waals surface area contributed by atoms with Crippen molar-refractivity contribution in [2.24, 2.45) is 0 Å². The van der Waals surface area contributed by atoms with Gasteiger partial charge in [-0.25, -0.2) is 4.79 Å². The summed E-state index contributed by atoms with van der Waals surface area (Å²) < 4.78 is 10.0. The van der Waals surface area contributed by atoms with E-state index in [1.54, 1.807) is 49.6 Å². The molecule has 7 heteroatoms. The van der Waals surface area contributed by atoms with Crippen LogP contribution in [0.1, 0.15) is 26.3 Å².